The summed E-state index contributed by atoms with van der Waals surface area (Å²) >= 11 is 0. The minimum atomic E-state index is -0.319. The maximum absolute atomic E-state index is 12.0. The molecular weight excluding hydrogens is 260 g/mol. The van der Waals surface area contributed by atoms with E-state index < -0.39 is 0 Å². The first-order chi connectivity index (χ1) is 9.63. The quantitative estimate of drug-likeness (QED) is 0.847. The van der Waals surface area contributed by atoms with Gasteiger partial charge in [-0.2, -0.15) is 0 Å². The van der Waals surface area contributed by atoms with Gasteiger partial charge < -0.3 is 20.1 Å². The van der Waals surface area contributed by atoms with Crippen molar-refractivity contribution < 1.29 is 19.1 Å². The molecule has 1 aliphatic rings. The number of carbonyl (C=O) groups is 2. The highest BCUT2D eigenvalue weighted by molar-refractivity contribution is 5.97. The van der Waals surface area contributed by atoms with E-state index >= 15 is 0 Å². The molecule has 1 aromatic rings. The van der Waals surface area contributed by atoms with E-state index in [1.54, 1.807) is 25.3 Å². The van der Waals surface area contributed by atoms with Crippen LogP contribution in [0.15, 0.2) is 18.2 Å². The van der Waals surface area contributed by atoms with Crippen LogP contribution in [0.3, 0.4) is 0 Å². The molecule has 20 heavy (non-hydrogen) atoms. The molecule has 0 radical (unpaired) electrons. The monoisotopic (exact) mass is 278 g/mol. The molecule has 6 nitrogen and oxygen atoms in total. The van der Waals surface area contributed by atoms with Gasteiger partial charge in [0.1, 0.15) is 0 Å². The molecule has 2 rings (SSSR count). The van der Waals surface area contributed by atoms with Crippen LogP contribution in [0.25, 0.3) is 0 Å². The Morgan fingerprint density at radius 1 is 1.45 bits per heavy atom. The number of hydrogen-bond donors (Lipinski definition) is 2. The highest BCUT2D eigenvalue weighted by atomic mass is 16.5. The van der Waals surface area contributed by atoms with Crippen molar-refractivity contribution in [2.24, 2.45) is 5.92 Å². The first-order valence-electron chi connectivity index (χ1n) is 6.52. The summed E-state index contributed by atoms with van der Waals surface area (Å²) in [6, 6.07) is 5.19. The zero-order valence-corrected chi connectivity index (χ0v) is 11.6. The fraction of sp³-hybridized carbons (Fsp3) is 0.429. The van der Waals surface area contributed by atoms with E-state index in [0.29, 0.717) is 30.3 Å². The summed E-state index contributed by atoms with van der Waals surface area (Å²) in [7, 11) is 1.54. The number of amides is 2. The van der Waals surface area contributed by atoms with Gasteiger partial charge in [-0.15, -0.1) is 0 Å². The number of ether oxygens (including phenoxy) is 2. The average Bonchev–Trinajstić information content (AvgIpc) is 2.87. The number of hydrogen-bond acceptors (Lipinski definition) is 4. The second-order valence-corrected chi connectivity index (χ2v) is 4.49. The normalized spacial score (nSPS) is 17.5. The van der Waals surface area contributed by atoms with Crippen molar-refractivity contribution in [3.05, 3.63) is 18.2 Å². The molecule has 1 heterocycles. The van der Waals surface area contributed by atoms with Crippen LogP contribution < -0.4 is 20.1 Å². The predicted octanol–water partition coefficient (Wildman–Crippen LogP) is 1.17. The number of methoxy groups -OCH3 is 1. The lowest BCUT2D eigenvalue weighted by atomic mass is 10.1. The van der Waals surface area contributed by atoms with Gasteiger partial charge in [-0.05, 0) is 19.1 Å². The van der Waals surface area contributed by atoms with Gasteiger partial charge >= 0.3 is 0 Å². The number of anilines is 1. The number of rotatable bonds is 5. The lowest BCUT2D eigenvalue weighted by Crippen LogP contribution is -2.24. The SMILES string of the molecule is CCOc1ccc(NC(=O)C2CNC(=O)C2)cc1OC. The lowest BCUT2D eigenvalue weighted by Gasteiger charge is -2.13. The average molecular weight is 278 g/mol. The minimum Gasteiger partial charge on any atom is -0.493 e. The summed E-state index contributed by atoms with van der Waals surface area (Å²) < 4.78 is 10.6. The van der Waals surface area contributed by atoms with Gasteiger partial charge in [-0.25, -0.2) is 0 Å². The van der Waals surface area contributed by atoms with E-state index in [0.717, 1.165) is 0 Å². The van der Waals surface area contributed by atoms with Crippen molar-refractivity contribution in [2.75, 3.05) is 25.6 Å². The van der Waals surface area contributed by atoms with Gasteiger partial charge in [0.15, 0.2) is 11.5 Å². The molecule has 0 spiro atoms. The van der Waals surface area contributed by atoms with Gasteiger partial charge in [-0.1, -0.05) is 0 Å². The third kappa shape index (κ3) is 3.20. The Labute approximate surface area is 117 Å². The molecular formula is C14H18N2O4. The minimum absolute atomic E-state index is 0.0885. The van der Waals surface area contributed by atoms with E-state index in [9.17, 15) is 9.59 Å². The molecule has 1 aliphatic heterocycles. The Kier molecular flexibility index (Phi) is 4.45. The molecule has 0 aromatic heterocycles. The molecule has 0 aliphatic carbocycles. The Hall–Kier alpha value is -2.24. The van der Waals surface area contributed by atoms with Crippen molar-refractivity contribution in [3.63, 3.8) is 0 Å². The molecule has 0 bridgehead atoms. The standard InChI is InChI=1S/C14H18N2O4/c1-3-20-11-5-4-10(7-12(11)19-2)16-14(18)9-6-13(17)15-8-9/h4-5,7,9H,3,6,8H2,1-2H3,(H,15,17)(H,16,18). The van der Waals surface area contributed by atoms with E-state index in [-0.39, 0.29) is 24.2 Å². The van der Waals surface area contributed by atoms with Gasteiger partial charge in [0.05, 0.1) is 19.6 Å². The van der Waals surface area contributed by atoms with Crippen molar-refractivity contribution in [1.82, 2.24) is 5.32 Å². The van der Waals surface area contributed by atoms with Crippen molar-refractivity contribution in [3.8, 4) is 11.5 Å². The van der Waals surface area contributed by atoms with Gasteiger partial charge in [0, 0.05) is 24.7 Å². The fourth-order valence-corrected chi connectivity index (χ4v) is 2.05. The maximum atomic E-state index is 12.0. The predicted molar refractivity (Wildman–Crippen MR) is 73.9 cm³/mol. The van der Waals surface area contributed by atoms with Gasteiger partial charge in [-0.3, -0.25) is 9.59 Å². The summed E-state index contributed by atoms with van der Waals surface area (Å²) in [5, 5.41) is 5.42. The zero-order chi connectivity index (χ0) is 14.5. The number of benzene rings is 1. The number of nitrogens with one attached hydrogen (secondary N) is 2. The molecule has 1 fully saturated rings. The van der Waals surface area contributed by atoms with E-state index in [1.165, 1.54) is 0 Å². The largest absolute Gasteiger partial charge is 0.493 e. The van der Waals surface area contributed by atoms with Gasteiger partial charge in [0.2, 0.25) is 11.8 Å². The van der Waals surface area contributed by atoms with Crippen molar-refractivity contribution >= 4 is 17.5 Å². The molecule has 1 saturated heterocycles. The molecule has 2 amide bonds. The first-order valence-corrected chi connectivity index (χ1v) is 6.52. The number of carbonyl (C=O) groups excluding carboxylic acids is 2. The second kappa shape index (κ2) is 6.27. The Balaban J connectivity index is 2.05. The summed E-state index contributed by atoms with van der Waals surface area (Å²) in [6.07, 6.45) is 0.236. The van der Waals surface area contributed by atoms with Crippen LogP contribution in [-0.4, -0.2) is 32.1 Å². The van der Waals surface area contributed by atoms with Crippen LogP contribution in [0.4, 0.5) is 5.69 Å². The molecule has 1 atom stereocenters. The first kappa shape index (κ1) is 14.2. The molecule has 108 valence electrons. The Bertz CT molecular complexity index is 516. The van der Waals surface area contributed by atoms with Crippen LogP contribution in [-0.2, 0) is 9.59 Å². The smallest absolute Gasteiger partial charge is 0.229 e. The Morgan fingerprint density at radius 3 is 2.85 bits per heavy atom. The van der Waals surface area contributed by atoms with E-state index in [2.05, 4.69) is 10.6 Å². The van der Waals surface area contributed by atoms with E-state index in [4.69, 9.17) is 9.47 Å². The second-order valence-electron chi connectivity index (χ2n) is 4.49. The van der Waals surface area contributed by atoms with Crippen LogP contribution in [0.5, 0.6) is 11.5 Å². The maximum Gasteiger partial charge on any atom is 0.229 e. The van der Waals surface area contributed by atoms with Crippen molar-refractivity contribution in [1.29, 1.82) is 0 Å². The van der Waals surface area contributed by atoms with Crippen LogP contribution >= 0.6 is 0 Å². The highest BCUT2D eigenvalue weighted by Gasteiger charge is 2.27. The third-order valence-corrected chi connectivity index (χ3v) is 3.08. The third-order valence-electron chi connectivity index (χ3n) is 3.08. The summed E-state index contributed by atoms with van der Waals surface area (Å²) in [5.74, 6) is 0.611. The Morgan fingerprint density at radius 2 is 2.25 bits per heavy atom. The van der Waals surface area contributed by atoms with Crippen molar-refractivity contribution in [2.45, 2.75) is 13.3 Å². The zero-order valence-electron chi connectivity index (χ0n) is 11.6. The molecule has 2 N–H and O–H groups in total. The summed E-state index contributed by atoms with van der Waals surface area (Å²) in [5.41, 5.74) is 0.620. The highest BCUT2D eigenvalue weighted by Crippen LogP contribution is 2.30. The molecule has 0 saturated carbocycles. The molecule has 1 aromatic carbocycles. The molecule has 1 unspecified atom stereocenters. The molecule has 6 heteroatoms. The lowest BCUT2D eigenvalue weighted by molar-refractivity contribution is -0.123. The fourth-order valence-electron chi connectivity index (χ4n) is 2.05. The van der Waals surface area contributed by atoms with E-state index in [1.807, 2.05) is 6.92 Å². The topological polar surface area (TPSA) is 76.7 Å². The van der Waals surface area contributed by atoms with Crippen LogP contribution in [0, 0.1) is 5.92 Å². The summed E-state index contributed by atoms with van der Waals surface area (Å²) in [4.78, 5) is 23.1. The van der Waals surface area contributed by atoms with Crippen LogP contribution in [0.2, 0.25) is 0 Å². The van der Waals surface area contributed by atoms with Gasteiger partial charge in [0.25, 0.3) is 0 Å². The summed E-state index contributed by atoms with van der Waals surface area (Å²) in [6.45, 7) is 2.82. The van der Waals surface area contributed by atoms with Crippen LogP contribution in [0.1, 0.15) is 13.3 Å².